The molecule has 0 radical (unpaired) electrons. The lowest BCUT2D eigenvalue weighted by molar-refractivity contribution is 0.137. The molecule has 2 rings (SSSR count). The minimum absolute atomic E-state index is 0.193. The smallest absolute Gasteiger partial charge is 0.123 e. The van der Waals surface area contributed by atoms with Crippen molar-refractivity contribution in [2.75, 3.05) is 6.54 Å². The van der Waals surface area contributed by atoms with Crippen LogP contribution in [0.4, 0.5) is 4.39 Å². The second-order valence-electron chi connectivity index (χ2n) is 6.18. The van der Waals surface area contributed by atoms with Gasteiger partial charge in [-0.1, -0.05) is 37.8 Å². The van der Waals surface area contributed by atoms with Crippen molar-refractivity contribution in [1.82, 2.24) is 5.32 Å². The highest BCUT2D eigenvalue weighted by molar-refractivity contribution is 5.16. The van der Waals surface area contributed by atoms with Gasteiger partial charge in [0, 0.05) is 12.6 Å². The normalized spacial score (nSPS) is 19.1. The van der Waals surface area contributed by atoms with Crippen LogP contribution in [-0.4, -0.2) is 23.8 Å². The van der Waals surface area contributed by atoms with Gasteiger partial charge >= 0.3 is 0 Å². The van der Waals surface area contributed by atoms with E-state index in [0.717, 1.165) is 24.3 Å². The van der Waals surface area contributed by atoms with E-state index >= 15 is 0 Å². The van der Waals surface area contributed by atoms with Crippen molar-refractivity contribution in [2.45, 2.75) is 57.6 Å². The third-order valence-corrected chi connectivity index (χ3v) is 4.24. The van der Waals surface area contributed by atoms with Crippen molar-refractivity contribution in [3.8, 4) is 0 Å². The molecule has 1 aromatic rings. The predicted molar refractivity (Wildman–Crippen MR) is 80.2 cm³/mol. The van der Waals surface area contributed by atoms with Crippen LogP contribution in [0.15, 0.2) is 24.3 Å². The zero-order valence-electron chi connectivity index (χ0n) is 12.3. The quantitative estimate of drug-likeness (QED) is 0.803. The van der Waals surface area contributed by atoms with E-state index in [1.165, 1.54) is 37.8 Å². The first-order chi connectivity index (χ1) is 9.63. The Morgan fingerprint density at radius 3 is 2.55 bits per heavy atom. The van der Waals surface area contributed by atoms with E-state index in [0.29, 0.717) is 12.6 Å². The number of halogens is 1. The molecule has 20 heavy (non-hydrogen) atoms. The second-order valence-corrected chi connectivity index (χ2v) is 6.18. The topological polar surface area (TPSA) is 32.3 Å². The van der Waals surface area contributed by atoms with Gasteiger partial charge < -0.3 is 10.4 Å². The van der Waals surface area contributed by atoms with Gasteiger partial charge in [0.1, 0.15) is 5.82 Å². The van der Waals surface area contributed by atoms with E-state index in [4.69, 9.17) is 0 Å². The Balaban J connectivity index is 1.66. The van der Waals surface area contributed by atoms with Gasteiger partial charge in [-0.15, -0.1) is 0 Å². The van der Waals surface area contributed by atoms with Crippen molar-refractivity contribution in [1.29, 1.82) is 0 Å². The van der Waals surface area contributed by atoms with Gasteiger partial charge in [0.2, 0.25) is 0 Å². The lowest BCUT2D eigenvalue weighted by Crippen LogP contribution is -2.35. The first-order valence-corrected chi connectivity index (χ1v) is 7.79. The van der Waals surface area contributed by atoms with Gasteiger partial charge in [0.15, 0.2) is 0 Å². The fraction of sp³-hybridized carbons (Fsp3) is 0.647. The van der Waals surface area contributed by atoms with Gasteiger partial charge in [0.05, 0.1) is 6.10 Å². The molecule has 2 nitrogen and oxygen atoms in total. The van der Waals surface area contributed by atoms with Crippen molar-refractivity contribution in [3.63, 3.8) is 0 Å². The summed E-state index contributed by atoms with van der Waals surface area (Å²) in [5.74, 6) is 0.528. The highest BCUT2D eigenvalue weighted by Gasteiger charge is 2.19. The number of hydrogen-bond acceptors (Lipinski definition) is 2. The molecule has 1 aliphatic rings. The van der Waals surface area contributed by atoms with Crippen LogP contribution in [-0.2, 0) is 6.42 Å². The maximum absolute atomic E-state index is 12.8. The molecule has 0 aromatic heterocycles. The molecule has 112 valence electrons. The molecule has 2 atom stereocenters. The monoisotopic (exact) mass is 279 g/mol. The molecule has 0 spiro atoms. The fourth-order valence-electron chi connectivity index (χ4n) is 3.10. The van der Waals surface area contributed by atoms with Crippen LogP contribution in [0.25, 0.3) is 0 Å². The largest absolute Gasteiger partial charge is 0.392 e. The van der Waals surface area contributed by atoms with E-state index in [1.807, 2.05) is 12.1 Å². The zero-order chi connectivity index (χ0) is 14.4. The minimum Gasteiger partial charge on any atom is -0.392 e. The lowest BCUT2D eigenvalue weighted by Gasteiger charge is -2.19. The molecule has 0 aliphatic heterocycles. The van der Waals surface area contributed by atoms with Gasteiger partial charge in [-0.05, 0) is 43.4 Å². The molecule has 1 aliphatic carbocycles. The van der Waals surface area contributed by atoms with E-state index in [2.05, 4.69) is 12.2 Å². The molecule has 3 heteroatoms. The highest BCUT2D eigenvalue weighted by Crippen LogP contribution is 2.28. The SMILES string of the molecule is CC(Cc1ccc(F)cc1)NCC(O)CC1CCCC1. The van der Waals surface area contributed by atoms with Crippen LogP contribution in [0.1, 0.15) is 44.6 Å². The standard InChI is InChI=1S/C17H26FNO/c1-13(10-15-6-8-16(18)9-7-15)19-12-17(20)11-14-4-2-3-5-14/h6-9,13-14,17,19-20H,2-5,10-12H2,1H3. The molecule has 0 heterocycles. The lowest BCUT2D eigenvalue weighted by atomic mass is 9.99. The molecular weight excluding hydrogens is 253 g/mol. The summed E-state index contributed by atoms with van der Waals surface area (Å²) in [6.07, 6.45) is 6.75. The number of hydrogen-bond donors (Lipinski definition) is 2. The molecule has 0 saturated heterocycles. The number of aliphatic hydroxyl groups excluding tert-OH is 1. The third kappa shape index (κ3) is 5.22. The summed E-state index contributed by atoms with van der Waals surface area (Å²) < 4.78 is 12.8. The molecule has 1 saturated carbocycles. The van der Waals surface area contributed by atoms with Crippen molar-refractivity contribution in [2.24, 2.45) is 5.92 Å². The molecule has 1 aromatic carbocycles. The third-order valence-electron chi connectivity index (χ3n) is 4.24. The first kappa shape index (κ1) is 15.5. The van der Waals surface area contributed by atoms with Gasteiger partial charge in [0.25, 0.3) is 0 Å². The Hall–Kier alpha value is -0.930. The van der Waals surface area contributed by atoms with E-state index in [-0.39, 0.29) is 11.9 Å². The Morgan fingerprint density at radius 2 is 1.90 bits per heavy atom. The molecular formula is C17H26FNO. The molecule has 2 N–H and O–H groups in total. The van der Waals surface area contributed by atoms with Crippen molar-refractivity contribution >= 4 is 0 Å². The van der Waals surface area contributed by atoms with Crippen molar-refractivity contribution < 1.29 is 9.50 Å². The average Bonchev–Trinajstić information content (AvgIpc) is 2.92. The number of aliphatic hydroxyl groups is 1. The van der Waals surface area contributed by atoms with Crippen LogP contribution in [0.2, 0.25) is 0 Å². The van der Waals surface area contributed by atoms with Crippen LogP contribution < -0.4 is 5.32 Å². The fourth-order valence-corrected chi connectivity index (χ4v) is 3.10. The van der Waals surface area contributed by atoms with Crippen LogP contribution in [0.5, 0.6) is 0 Å². The predicted octanol–water partition coefficient (Wildman–Crippen LogP) is 3.29. The average molecular weight is 279 g/mol. The minimum atomic E-state index is -0.242. The molecule has 0 bridgehead atoms. The summed E-state index contributed by atoms with van der Waals surface area (Å²) in [6, 6.07) is 6.93. The summed E-state index contributed by atoms with van der Waals surface area (Å²) >= 11 is 0. The van der Waals surface area contributed by atoms with Crippen molar-refractivity contribution in [3.05, 3.63) is 35.6 Å². The second kappa shape index (κ2) is 7.75. The Bertz CT molecular complexity index is 386. The number of rotatable bonds is 7. The Kier molecular flexibility index (Phi) is 5.99. The Morgan fingerprint density at radius 1 is 1.25 bits per heavy atom. The first-order valence-electron chi connectivity index (χ1n) is 7.79. The van der Waals surface area contributed by atoms with Gasteiger partial charge in [-0.3, -0.25) is 0 Å². The Labute approximate surface area is 121 Å². The summed E-state index contributed by atoms with van der Waals surface area (Å²) in [6.45, 7) is 2.75. The van der Waals surface area contributed by atoms with Gasteiger partial charge in [-0.25, -0.2) is 4.39 Å². The maximum Gasteiger partial charge on any atom is 0.123 e. The molecule has 2 unspecified atom stereocenters. The van der Waals surface area contributed by atoms with E-state index in [9.17, 15) is 9.50 Å². The number of benzene rings is 1. The van der Waals surface area contributed by atoms with Crippen LogP contribution in [0.3, 0.4) is 0 Å². The van der Waals surface area contributed by atoms with Crippen LogP contribution in [0, 0.1) is 11.7 Å². The molecule has 0 amide bonds. The maximum atomic E-state index is 12.8. The number of nitrogens with one attached hydrogen (secondary N) is 1. The van der Waals surface area contributed by atoms with Crippen LogP contribution >= 0.6 is 0 Å². The zero-order valence-corrected chi connectivity index (χ0v) is 12.3. The summed E-state index contributed by atoms with van der Waals surface area (Å²) in [4.78, 5) is 0. The molecule has 1 fully saturated rings. The van der Waals surface area contributed by atoms with E-state index < -0.39 is 0 Å². The summed E-state index contributed by atoms with van der Waals surface area (Å²) in [7, 11) is 0. The van der Waals surface area contributed by atoms with E-state index in [1.54, 1.807) is 0 Å². The highest BCUT2D eigenvalue weighted by atomic mass is 19.1. The summed E-state index contributed by atoms with van der Waals surface area (Å²) in [5, 5.41) is 13.4. The summed E-state index contributed by atoms with van der Waals surface area (Å²) in [5.41, 5.74) is 1.12. The van der Waals surface area contributed by atoms with Gasteiger partial charge in [-0.2, -0.15) is 0 Å².